The number of hydrogen-bond donors (Lipinski definition) is 0. The molecular weight excluding hydrogens is 246 g/mol. The van der Waals surface area contributed by atoms with Gasteiger partial charge in [0.1, 0.15) is 0 Å². The van der Waals surface area contributed by atoms with Crippen LogP contribution in [0.1, 0.15) is 5.56 Å². The van der Waals surface area contributed by atoms with Crippen molar-refractivity contribution < 1.29 is 8.42 Å². The molecule has 0 bridgehead atoms. The molecule has 1 aromatic rings. The Morgan fingerprint density at radius 2 is 1.82 bits per heavy atom. The topological polar surface area (TPSA) is 81.4 Å². The first-order chi connectivity index (χ1) is 7.64. The van der Waals surface area contributed by atoms with E-state index in [1.807, 2.05) is 0 Å². The molecule has 1 rings (SSSR count). The van der Waals surface area contributed by atoms with Crippen molar-refractivity contribution in [1.29, 1.82) is 0 Å². The Morgan fingerprint density at radius 1 is 1.29 bits per heavy atom. The van der Waals surface area contributed by atoms with Crippen molar-refractivity contribution in [3.63, 3.8) is 0 Å². The summed E-state index contributed by atoms with van der Waals surface area (Å²) in [6, 6.07) is 0. The molecule has 0 aromatic carbocycles. The van der Waals surface area contributed by atoms with Gasteiger partial charge in [0.05, 0.1) is 6.26 Å². The first-order valence-electron chi connectivity index (χ1n) is 4.81. The maximum absolute atomic E-state index is 11.7. The highest BCUT2D eigenvalue weighted by Gasteiger charge is 2.15. The lowest BCUT2D eigenvalue weighted by Crippen LogP contribution is -2.40. The van der Waals surface area contributed by atoms with Crippen molar-refractivity contribution in [2.45, 2.75) is 6.54 Å². The molecule has 0 spiro atoms. The van der Waals surface area contributed by atoms with Crippen LogP contribution in [0.5, 0.6) is 0 Å². The largest absolute Gasteiger partial charge is 0.330 e. The van der Waals surface area contributed by atoms with E-state index in [1.54, 1.807) is 0 Å². The minimum Gasteiger partial charge on any atom is -0.303 e. The summed E-state index contributed by atoms with van der Waals surface area (Å²) in [7, 11) is 0.881. The van der Waals surface area contributed by atoms with Crippen molar-refractivity contribution in [2.75, 3.05) is 13.3 Å². The Hall–Kier alpha value is -1.41. The highest BCUT2D eigenvalue weighted by atomic mass is 32.2. The molecule has 0 amide bonds. The van der Waals surface area contributed by atoms with E-state index in [0.717, 1.165) is 15.1 Å². The fourth-order valence-corrected chi connectivity index (χ4v) is 1.72. The van der Waals surface area contributed by atoms with E-state index in [2.05, 4.69) is 0 Å². The maximum Gasteiger partial charge on any atom is 0.330 e. The van der Waals surface area contributed by atoms with Crippen molar-refractivity contribution in [3.05, 3.63) is 32.6 Å². The van der Waals surface area contributed by atoms with Gasteiger partial charge < -0.3 is 4.57 Å². The number of nitrogens with zero attached hydrogens (tertiary/aromatic N) is 3. The molecule has 8 heteroatoms. The Kier molecular flexibility index (Phi) is 3.58. The van der Waals surface area contributed by atoms with Crippen LogP contribution in [0.4, 0.5) is 0 Å². The van der Waals surface area contributed by atoms with Gasteiger partial charge in [-0.1, -0.05) is 0 Å². The summed E-state index contributed by atoms with van der Waals surface area (Å²) < 4.78 is 25.7. The molecule has 0 aliphatic carbocycles. The molecule has 96 valence electrons. The Morgan fingerprint density at radius 3 is 2.29 bits per heavy atom. The standard InChI is InChI=1S/C9H15N3O4S/c1-10-5-7(6-11(2)17(4,15)16)8(13)12(3)9(10)14/h5H,6H2,1-4H3. The molecule has 1 heterocycles. The highest BCUT2D eigenvalue weighted by molar-refractivity contribution is 7.88. The zero-order valence-corrected chi connectivity index (χ0v) is 11.0. The molecule has 0 unspecified atom stereocenters. The van der Waals surface area contributed by atoms with Gasteiger partial charge in [-0.2, -0.15) is 0 Å². The van der Waals surface area contributed by atoms with Crippen LogP contribution < -0.4 is 11.2 Å². The Bertz CT molecular complexity index is 641. The van der Waals surface area contributed by atoms with E-state index in [1.165, 1.54) is 31.9 Å². The number of aromatic nitrogens is 2. The second-order valence-electron chi connectivity index (χ2n) is 3.93. The molecule has 0 aliphatic rings. The monoisotopic (exact) mass is 261 g/mol. The molecule has 0 fully saturated rings. The zero-order chi connectivity index (χ0) is 13.4. The van der Waals surface area contributed by atoms with Gasteiger partial charge in [0.15, 0.2) is 0 Å². The lowest BCUT2D eigenvalue weighted by Gasteiger charge is -2.14. The van der Waals surface area contributed by atoms with Crippen LogP contribution in [-0.4, -0.2) is 35.2 Å². The molecule has 0 N–H and O–H groups in total. The van der Waals surface area contributed by atoms with Crippen LogP contribution in [0.25, 0.3) is 0 Å². The van der Waals surface area contributed by atoms with Crippen LogP contribution in [0.15, 0.2) is 15.8 Å². The number of rotatable bonds is 3. The quantitative estimate of drug-likeness (QED) is 0.661. The Balaban J connectivity index is 3.27. The lowest BCUT2D eigenvalue weighted by atomic mass is 10.3. The number of sulfonamides is 1. The lowest BCUT2D eigenvalue weighted by molar-refractivity contribution is 0.465. The normalized spacial score (nSPS) is 12.1. The fraction of sp³-hybridized carbons (Fsp3) is 0.556. The highest BCUT2D eigenvalue weighted by Crippen LogP contribution is 2.00. The number of hydrogen-bond acceptors (Lipinski definition) is 4. The van der Waals surface area contributed by atoms with Crippen molar-refractivity contribution >= 4 is 10.0 Å². The minimum absolute atomic E-state index is 0.0559. The van der Waals surface area contributed by atoms with Crippen molar-refractivity contribution in [1.82, 2.24) is 13.4 Å². The summed E-state index contributed by atoms with van der Waals surface area (Å²) >= 11 is 0. The van der Waals surface area contributed by atoms with Crippen LogP contribution in [-0.2, 0) is 30.7 Å². The van der Waals surface area contributed by atoms with E-state index in [4.69, 9.17) is 0 Å². The third kappa shape index (κ3) is 2.83. The average Bonchev–Trinajstić information content (AvgIpc) is 2.21. The van der Waals surface area contributed by atoms with E-state index < -0.39 is 21.3 Å². The molecule has 0 saturated heterocycles. The smallest absolute Gasteiger partial charge is 0.303 e. The minimum atomic E-state index is -3.36. The molecule has 0 saturated carbocycles. The second-order valence-corrected chi connectivity index (χ2v) is 6.02. The molecule has 0 atom stereocenters. The van der Waals surface area contributed by atoms with Gasteiger partial charge in [0.25, 0.3) is 5.56 Å². The predicted molar refractivity (Wildman–Crippen MR) is 63.2 cm³/mol. The SMILES string of the molecule is CN(Cc1cn(C)c(=O)n(C)c1=O)S(C)(=O)=O. The van der Waals surface area contributed by atoms with Gasteiger partial charge in [0, 0.05) is 39.4 Å². The Labute approximate surface area is 99.0 Å². The zero-order valence-electron chi connectivity index (χ0n) is 10.2. The molecule has 17 heavy (non-hydrogen) atoms. The van der Waals surface area contributed by atoms with E-state index >= 15 is 0 Å². The molecule has 0 aliphatic heterocycles. The summed E-state index contributed by atoms with van der Waals surface area (Å²) in [6.45, 7) is -0.0559. The van der Waals surface area contributed by atoms with Gasteiger partial charge in [-0.25, -0.2) is 17.5 Å². The predicted octanol–water partition coefficient (Wildman–Crippen LogP) is -1.52. The number of aryl methyl sites for hydroxylation is 1. The molecule has 1 aromatic heterocycles. The van der Waals surface area contributed by atoms with Crippen LogP contribution in [0, 0.1) is 0 Å². The summed E-state index contributed by atoms with van der Waals surface area (Å²) in [5.41, 5.74) is -0.674. The van der Waals surface area contributed by atoms with E-state index in [-0.39, 0.29) is 12.1 Å². The molecular formula is C9H15N3O4S. The van der Waals surface area contributed by atoms with Crippen molar-refractivity contribution in [3.8, 4) is 0 Å². The summed E-state index contributed by atoms with van der Waals surface area (Å²) in [5, 5.41) is 0. The third-order valence-electron chi connectivity index (χ3n) is 2.48. The van der Waals surface area contributed by atoms with Gasteiger partial charge in [-0.3, -0.25) is 9.36 Å². The first-order valence-corrected chi connectivity index (χ1v) is 6.66. The van der Waals surface area contributed by atoms with Gasteiger partial charge in [-0.15, -0.1) is 0 Å². The fourth-order valence-electron chi connectivity index (χ4n) is 1.35. The molecule has 0 radical (unpaired) electrons. The summed E-state index contributed by atoms with van der Waals surface area (Å²) in [4.78, 5) is 23.2. The van der Waals surface area contributed by atoms with E-state index in [9.17, 15) is 18.0 Å². The summed E-state index contributed by atoms with van der Waals surface area (Å²) in [6.07, 6.45) is 2.41. The maximum atomic E-state index is 11.7. The first kappa shape index (κ1) is 13.7. The van der Waals surface area contributed by atoms with Crippen LogP contribution in [0.2, 0.25) is 0 Å². The van der Waals surface area contributed by atoms with Gasteiger partial charge in [-0.05, 0) is 0 Å². The van der Waals surface area contributed by atoms with Crippen LogP contribution in [0.3, 0.4) is 0 Å². The van der Waals surface area contributed by atoms with Crippen LogP contribution >= 0.6 is 0 Å². The van der Waals surface area contributed by atoms with Gasteiger partial charge in [0.2, 0.25) is 10.0 Å². The summed E-state index contributed by atoms with van der Waals surface area (Å²) in [5.74, 6) is 0. The average molecular weight is 261 g/mol. The van der Waals surface area contributed by atoms with Crippen molar-refractivity contribution in [2.24, 2.45) is 14.1 Å². The van der Waals surface area contributed by atoms with Gasteiger partial charge >= 0.3 is 5.69 Å². The second kappa shape index (κ2) is 4.46. The molecule has 7 nitrogen and oxygen atoms in total. The third-order valence-corrected chi connectivity index (χ3v) is 3.74. The van der Waals surface area contributed by atoms with E-state index in [0.29, 0.717) is 0 Å².